The lowest BCUT2D eigenvalue weighted by Crippen LogP contribution is -2.35. The predicted molar refractivity (Wildman–Crippen MR) is 38.5 cm³/mol. The average molecular weight is 140 g/mol. The van der Waals surface area contributed by atoms with Crippen molar-refractivity contribution in [2.75, 3.05) is 0 Å². The molecule has 1 rings (SSSR count). The van der Waals surface area contributed by atoms with E-state index in [4.69, 9.17) is 0 Å². The highest BCUT2D eigenvalue weighted by molar-refractivity contribution is 5.55. The molecule has 2 nitrogen and oxygen atoms in total. The number of aldehydes is 1. The minimum Gasteiger partial charge on any atom is -0.389 e. The first-order valence-electron chi connectivity index (χ1n) is 3.55. The van der Waals surface area contributed by atoms with Gasteiger partial charge in [-0.3, -0.25) is 0 Å². The fourth-order valence-corrected chi connectivity index (χ4v) is 1.32. The quantitative estimate of drug-likeness (QED) is 0.464. The lowest BCUT2D eigenvalue weighted by molar-refractivity contribution is -0.117. The van der Waals surface area contributed by atoms with Crippen LogP contribution in [0.4, 0.5) is 0 Å². The van der Waals surface area contributed by atoms with E-state index in [9.17, 15) is 9.90 Å². The molecule has 0 amide bonds. The fraction of sp³-hybridized carbons (Fsp3) is 0.625. The molecule has 1 aliphatic rings. The van der Waals surface area contributed by atoms with E-state index in [0.717, 1.165) is 19.1 Å². The third-order valence-electron chi connectivity index (χ3n) is 2.24. The lowest BCUT2D eigenvalue weighted by Gasteiger charge is -2.34. The Morgan fingerprint density at radius 1 is 1.60 bits per heavy atom. The zero-order valence-corrected chi connectivity index (χ0v) is 5.86. The van der Waals surface area contributed by atoms with E-state index in [1.807, 2.05) is 0 Å². The molecule has 3 atom stereocenters. The SMILES string of the molecule is C=C[C@@H](O)[C@@H]1CC[C@H]1C=O. The molecular formula is C8H12O2. The van der Waals surface area contributed by atoms with Crippen molar-refractivity contribution in [1.29, 1.82) is 0 Å². The molecule has 0 saturated heterocycles. The molecule has 1 fully saturated rings. The van der Waals surface area contributed by atoms with Crippen molar-refractivity contribution in [3.63, 3.8) is 0 Å². The highest BCUT2D eigenvalue weighted by Gasteiger charge is 2.34. The molecular weight excluding hydrogens is 128 g/mol. The first-order chi connectivity index (χ1) is 4.79. The van der Waals surface area contributed by atoms with Crippen molar-refractivity contribution >= 4 is 6.29 Å². The monoisotopic (exact) mass is 140 g/mol. The molecule has 10 heavy (non-hydrogen) atoms. The average Bonchev–Trinajstić information content (AvgIpc) is 1.86. The molecule has 56 valence electrons. The first kappa shape index (κ1) is 7.48. The number of hydrogen-bond acceptors (Lipinski definition) is 2. The minimum atomic E-state index is -0.482. The van der Waals surface area contributed by atoms with Gasteiger partial charge in [0.05, 0.1) is 6.10 Å². The first-order valence-corrected chi connectivity index (χ1v) is 3.55. The van der Waals surface area contributed by atoms with Gasteiger partial charge in [0, 0.05) is 5.92 Å². The number of hydrogen-bond donors (Lipinski definition) is 1. The summed E-state index contributed by atoms with van der Waals surface area (Å²) in [5, 5.41) is 9.20. The Hall–Kier alpha value is -0.630. The lowest BCUT2D eigenvalue weighted by atomic mass is 9.71. The fourth-order valence-electron chi connectivity index (χ4n) is 1.32. The van der Waals surface area contributed by atoms with Crippen LogP contribution < -0.4 is 0 Å². The summed E-state index contributed by atoms with van der Waals surface area (Å²) in [7, 11) is 0. The molecule has 0 aliphatic heterocycles. The summed E-state index contributed by atoms with van der Waals surface area (Å²) in [4.78, 5) is 10.3. The number of aliphatic hydroxyl groups is 1. The number of carbonyl (C=O) groups excluding carboxylic acids is 1. The Morgan fingerprint density at radius 2 is 2.30 bits per heavy atom. The largest absolute Gasteiger partial charge is 0.389 e. The second-order valence-electron chi connectivity index (χ2n) is 2.77. The summed E-state index contributed by atoms with van der Waals surface area (Å²) in [6.45, 7) is 3.47. The van der Waals surface area contributed by atoms with Crippen molar-refractivity contribution in [2.24, 2.45) is 11.8 Å². The van der Waals surface area contributed by atoms with Crippen LogP contribution in [-0.2, 0) is 4.79 Å². The summed E-state index contributed by atoms with van der Waals surface area (Å²) >= 11 is 0. The standard InChI is InChI=1S/C8H12O2/c1-2-8(10)7-4-3-6(7)5-9/h2,5-8,10H,1,3-4H2/t6-,7+,8+/m0/s1. The van der Waals surface area contributed by atoms with E-state index in [-0.39, 0.29) is 11.8 Å². The Kier molecular flexibility index (Phi) is 2.22. The molecule has 1 N–H and O–H groups in total. The van der Waals surface area contributed by atoms with Crippen LogP contribution in [0.1, 0.15) is 12.8 Å². The highest BCUT2D eigenvalue weighted by Crippen LogP contribution is 2.35. The molecule has 0 aromatic heterocycles. The molecule has 0 radical (unpaired) electrons. The van der Waals surface area contributed by atoms with Gasteiger partial charge < -0.3 is 9.90 Å². The third kappa shape index (κ3) is 1.12. The van der Waals surface area contributed by atoms with Crippen molar-refractivity contribution in [3.05, 3.63) is 12.7 Å². The number of aliphatic hydroxyl groups excluding tert-OH is 1. The topological polar surface area (TPSA) is 37.3 Å². The highest BCUT2D eigenvalue weighted by atomic mass is 16.3. The summed E-state index contributed by atoms with van der Waals surface area (Å²) < 4.78 is 0. The maximum absolute atomic E-state index is 10.3. The minimum absolute atomic E-state index is 0.0769. The van der Waals surface area contributed by atoms with Gasteiger partial charge in [0.15, 0.2) is 0 Å². The normalized spacial score (nSPS) is 34.1. The molecule has 0 unspecified atom stereocenters. The Bertz CT molecular complexity index is 132. The van der Waals surface area contributed by atoms with Gasteiger partial charge in [-0.05, 0) is 18.8 Å². The summed E-state index contributed by atoms with van der Waals surface area (Å²) in [6, 6.07) is 0. The van der Waals surface area contributed by atoms with Crippen LogP contribution in [0.15, 0.2) is 12.7 Å². The van der Waals surface area contributed by atoms with Crippen LogP contribution in [-0.4, -0.2) is 17.5 Å². The van der Waals surface area contributed by atoms with Gasteiger partial charge in [0.2, 0.25) is 0 Å². The van der Waals surface area contributed by atoms with Gasteiger partial charge >= 0.3 is 0 Å². The second-order valence-corrected chi connectivity index (χ2v) is 2.77. The van der Waals surface area contributed by atoms with Crippen LogP contribution in [0.25, 0.3) is 0 Å². The molecule has 0 aromatic carbocycles. The van der Waals surface area contributed by atoms with Gasteiger partial charge in [-0.1, -0.05) is 6.08 Å². The van der Waals surface area contributed by atoms with Crippen LogP contribution in [0.2, 0.25) is 0 Å². The van der Waals surface area contributed by atoms with Crippen molar-refractivity contribution in [2.45, 2.75) is 18.9 Å². The van der Waals surface area contributed by atoms with Crippen LogP contribution in [0.3, 0.4) is 0 Å². The van der Waals surface area contributed by atoms with Crippen LogP contribution >= 0.6 is 0 Å². The maximum Gasteiger partial charge on any atom is 0.123 e. The zero-order valence-electron chi connectivity index (χ0n) is 5.86. The Labute approximate surface area is 60.6 Å². The molecule has 1 saturated carbocycles. The van der Waals surface area contributed by atoms with Crippen LogP contribution in [0.5, 0.6) is 0 Å². The van der Waals surface area contributed by atoms with Gasteiger partial charge in [-0.25, -0.2) is 0 Å². The molecule has 0 spiro atoms. The van der Waals surface area contributed by atoms with Gasteiger partial charge in [-0.2, -0.15) is 0 Å². The smallest absolute Gasteiger partial charge is 0.123 e. The maximum atomic E-state index is 10.3. The van der Waals surface area contributed by atoms with Crippen molar-refractivity contribution in [3.8, 4) is 0 Å². The van der Waals surface area contributed by atoms with E-state index < -0.39 is 6.10 Å². The molecule has 0 bridgehead atoms. The van der Waals surface area contributed by atoms with E-state index in [0.29, 0.717) is 0 Å². The number of carbonyl (C=O) groups is 1. The summed E-state index contributed by atoms with van der Waals surface area (Å²) in [5.74, 6) is 0.225. The summed E-state index contributed by atoms with van der Waals surface area (Å²) in [5.41, 5.74) is 0. The van der Waals surface area contributed by atoms with Gasteiger partial charge in [-0.15, -0.1) is 6.58 Å². The van der Waals surface area contributed by atoms with Crippen LogP contribution in [0, 0.1) is 11.8 Å². The van der Waals surface area contributed by atoms with E-state index in [1.54, 1.807) is 0 Å². The Morgan fingerprint density at radius 3 is 2.60 bits per heavy atom. The van der Waals surface area contributed by atoms with Crippen molar-refractivity contribution < 1.29 is 9.90 Å². The molecule has 2 heteroatoms. The van der Waals surface area contributed by atoms with E-state index >= 15 is 0 Å². The molecule has 0 aromatic rings. The Balaban J connectivity index is 2.41. The predicted octanol–water partition coefficient (Wildman–Crippen LogP) is 0.758. The summed E-state index contributed by atoms with van der Waals surface area (Å²) in [6.07, 6.45) is 3.83. The van der Waals surface area contributed by atoms with Gasteiger partial charge in [0.1, 0.15) is 6.29 Å². The number of rotatable bonds is 3. The molecule has 1 aliphatic carbocycles. The third-order valence-corrected chi connectivity index (χ3v) is 2.24. The second kappa shape index (κ2) is 2.97. The molecule has 0 heterocycles. The van der Waals surface area contributed by atoms with Gasteiger partial charge in [0.25, 0.3) is 0 Å². The van der Waals surface area contributed by atoms with E-state index in [2.05, 4.69) is 6.58 Å². The van der Waals surface area contributed by atoms with Crippen molar-refractivity contribution in [1.82, 2.24) is 0 Å². The zero-order chi connectivity index (χ0) is 7.56. The van der Waals surface area contributed by atoms with E-state index in [1.165, 1.54) is 6.08 Å².